The quantitative estimate of drug-likeness (QED) is 0.855. The molecule has 1 aliphatic rings. The molecule has 0 saturated heterocycles. The van der Waals surface area contributed by atoms with Gasteiger partial charge in [-0.05, 0) is 50.7 Å². The fourth-order valence-corrected chi connectivity index (χ4v) is 3.10. The van der Waals surface area contributed by atoms with Crippen LogP contribution in [0.1, 0.15) is 39.0 Å². The van der Waals surface area contributed by atoms with Crippen LogP contribution in [0, 0.1) is 11.7 Å². The minimum absolute atomic E-state index is 0.0528. The zero-order valence-electron chi connectivity index (χ0n) is 13.2. The predicted octanol–water partition coefficient (Wildman–Crippen LogP) is 3.59. The van der Waals surface area contributed by atoms with Crippen molar-refractivity contribution in [2.45, 2.75) is 45.1 Å². The molecule has 0 amide bonds. The van der Waals surface area contributed by atoms with Crippen molar-refractivity contribution in [3.8, 4) is 6.01 Å². The average Bonchev–Trinajstić information content (AvgIpc) is 2.93. The van der Waals surface area contributed by atoms with Crippen LogP contribution in [-0.4, -0.2) is 28.6 Å². The van der Waals surface area contributed by atoms with Crippen LogP contribution in [0.25, 0.3) is 11.0 Å². The first-order chi connectivity index (χ1) is 11.2. The highest BCUT2D eigenvalue weighted by atomic mass is 19.1. The number of esters is 1. The molecule has 1 aromatic carbocycles. The lowest BCUT2D eigenvalue weighted by atomic mass is 9.85. The summed E-state index contributed by atoms with van der Waals surface area (Å²) in [5, 5.41) is 0. The highest BCUT2D eigenvalue weighted by Crippen LogP contribution is 2.30. The number of carbonyl (C=O) groups excluding carboxylic acids is 1. The van der Waals surface area contributed by atoms with Crippen molar-refractivity contribution in [2.75, 3.05) is 6.61 Å². The Morgan fingerprint density at radius 1 is 1.35 bits per heavy atom. The van der Waals surface area contributed by atoms with Crippen molar-refractivity contribution in [1.82, 2.24) is 9.97 Å². The molecule has 6 heteroatoms. The maximum absolute atomic E-state index is 13.6. The molecule has 5 nitrogen and oxygen atoms in total. The van der Waals surface area contributed by atoms with Gasteiger partial charge in [-0.2, -0.15) is 4.98 Å². The van der Waals surface area contributed by atoms with Crippen LogP contribution in [0.4, 0.5) is 4.39 Å². The summed E-state index contributed by atoms with van der Waals surface area (Å²) in [7, 11) is 0. The molecular formula is C17H21FN2O3. The Hall–Kier alpha value is -2.11. The van der Waals surface area contributed by atoms with Gasteiger partial charge in [0.25, 0.3) is 6.01 Å². The van der Waals surface area contributed by atoms with E-state index in [1.54, 1.807) is 12.1 Å². The molecule has 1 heterocycles. The molecular weight excluding hydrogens is 299 g/mol. The summed E-state index contributed by atoms with van der Waals surface area (Å²) < 4.78 is 24.5. The minimum Gasteiger partial charge on any atom is -0.466 e. The number of rotatable bonds is 5. The van der Waals surface area contributed by atoms with Gasteiger partial charge >= 0.3 is 5.97 Å². The van der Waals surface area contributed by atoms with Gasteiger partial charge in [-0.25, -0.2) is 4.39 Å². The van der Waals surface area contributed by atoms with Gasteiger partial charge in [-0.15, -0.1) is 0 Å². The van der Waals surface area contributed by atoms with Gasteiger partial charge in [0.05, 0.1) is 12.1 Å². The second kappa shape index (κ2) is 6.98. The Balaban J connectivity index is 1.54. The Kier molecular flexibility index (Phi) is 4.79. The van der Waals surface area contributed by atoms with Crippen molar-refractivity contribution in [2.24, 2.45) is 5.92 Å². The Labute approximate surface area is 134 Å². The molecule has 0 bridgehead atoms. The molecule has 1 aliphatic carbocycles. The van der Waals surface area contributed by atoms with Crippen LogP contribution in [-0.2, 0) is 9.53 Å². The van der Waals surface area contributed by atoms with Gasteiger partial charge < -0.3 is 14.5 Å². The van der Waals surface area contributed by atoms with Crippen LogP contribution in [0.2, 0.25) is 0 Å². The molecule has 0 spiro atoms. The number of nitrogens with zero attached hydrogens (tertiary/aromatic N) is 1. The van der Waals surface area contributed by atoms with Crippen LogP contribution < -0.4 is 4.74 Å². The van der Waals surface area contributed by atoms with Gasteiger partial charge in [0.15, 0.2) is 5.82 Å². The molecule has 0 radical (unpaired) electrons. The lowest BCUT2D eigenvalue weighted by Crippen LogP contribution is -2.26. The number of hydrogen-bond donors (Lipinski definition) is 1. The first kappa shape index (κ1) is 15.8. The average molecular weight is 320 g/mol. The third kappa shape index (κ3) is 3.81. The van der Waals surface area contributed by atoms with E-state index >= 15 is 0 Å². The van der Waals surface area contributed by atoms with Crippen LogP contribution in [0.15, 0.2) is 18.2 Å². The number of imidazole rings is 1. The topological polar surface area (TPSA) is 64.2 Å². The number of fused-ring (bicyclic) bond motifs is 1. The highest BCUT2D eigenvalue weighted by molar-refractivity contribution is 5.76. The molecule has 0 atom stereocenters. The number of benzene rings is 1. The first-order valence-corrected chi connectivity index (χ1v) is 8.12. The fraction of sp³-hybridized carbons (Fsp3) is 0.529. The summed E-state index contributed by atoms with van der Waals surface area (Å²) in [5.41, 5.74) is 0.939. The lowest BCUT2D eigenvalue weighted by molar-refractivity contribution is -0.144. The van der Waals surface area contributed by atoms with Crippen LogP contribution >= 0.6 is 0 Å². The molecule has 3 rings (SSSR count). The third-order valence-electron chi connectivity index (χ3n) is 4.27. The van der Waals surface area contributed by atoms with E-state index in [1.165, 1.54) is 6.07 Å². The Bertz CT molecular complexity index is 678. The number of aromatic amines is 1. The molecule has 2 aromatic rings. The van der Waals surface area contributed by atoms with E-state index in [2.05, 4.69) is 9.97 Å². The molecule has 124 valence electrons. The van der Waals surface area contributed by atoms with Gasteiger partial charge in [0.2, 0.25) is 0 Å². The molecule has 1 saturated carbocycles. The van der Waals surface area contributed by atoms with Crippen molar-refractivity contribution in [1.29, 1.82) is 0 Å². The lowest BCUT2D eigenvalue weighted by Gasteiger charge is -2.27. The van der Waals surface area contributed by atoms with Gasteiger partial charge in [-0.3, -0.25) is 4.79 Å². The van der Waals surface area contributed by atoms with Crippen molar-refractivity contribution in [3.05, 3.63) is 24.0 Å². The summed E-state index contributed by atoms with van der Waals surface area (Å²) in [4.78, 5) is 18.7. The van der Waals surface area contributed by atoms with E-state index < -0.39 is 0 Å². The minimum atomic E-state index is -0.355. The number of nitrogens with one attached hydrogen (secondary N) is 1. The second-order valence-corrected chi connectivity index (χ2v) is 5.95. The van der Waals surface area contributed by atoms with E-state index in [4.69, 9.17) is 9.47 Å². The van der Waals surface area contributed by atoms with Gasteiger partial charge in [0.1, 0.15) is 11.6 Å². The van der Waals surface area contributed by atoms with E-state index in [9.17, 15) is 9.18 Å². The largest absolute Gasteiger partial charge is 0.466 e. The zero-order chi connectivity index (χ0) is 16.2. The van der Waals surface area contributed by atoms with E-state index in [0.717, 1.165) is 25.7 Å². The summed E-state index contributed by atoms with van der Waals surface area (Å²) in [6.45, 7) is 2.25. The summed E-state index contributed by atoms with van der Waals surface area (Å²) in [5.74, 6) is -0.113. The smallest absolute Gasteiger partial charge is 0.306 e. The molecule has 1 fully saturated rings. The number of para-hydroxylation sites is 1. The van der Waals surface area contributed by atoms with Crippen LogP contribution in [0.5, 0.6) is 6.01 Å². The zero-order valence-corrected chi connectivity index (χ0v) is 13.2. The predicted molar refractivity (Wildman–Crippen MR) is 83.7 cm³/mol. The first-order valence-electron chi connectivity index (χ1n) is 8.12. The van der Waals surface area contributed by atoms with E-state index in [0.29, 0.717) is 36.0 Å². The van der Waals surface area contributed by atoms with Crippen molar-refractivity contribution < 1.29 is 18.7 Å². The molecule has 0 unspecified atom stereocenters. The third-order valence-corrected chi connectivity index (χ3v) is 4.27. The highest BCUT2D eigenvalue weighted by Gasteiger charge is 2.25. The normalized spacial score (nSPS) is 21.3. The Morgan fingerprint density at radius 2 is 2.13 bits per heavy atom. The molecule has 1 aromatic heterocycles. The van der Waals surface area contributed by atoms with Gasteiger partial charge in [0, 0.05) is 6.42 Å². The standard InChI is InChI=1S/C17H21FN2O3/c1-2-22-15(21)10-11-6-8-12(9-7-11)23-17-19-14-5-3-4-13(18)16(14)20-17/h3-5,11-12H,2,6-10H2,1H3,(H,19,20). The summed E-state index contributed by atoms with van der Waals surface area (Å²) in [6.07, 6.45) is 4.12. The van der Waals surface area contributed by atoms with E-state index in [-0.39, 0.29) is 17.9 Å². The molecule has 1 N–H and O–H groups in total. The number of aromatic nitrogens is 2. The van der Waals surface area contributed by atoms with Gasteiger partial charge in [-0.1, -0.05) is 6.07 Å². The monoisotopic (exact) mass is 320 g/mol. The van der Waals surface area contributed by atoms with E-state index in [1.807, 2.05) is 6.92 Å². The number of H-pyrrole nitrogens is 1. The second-order valence-electron chi connectivity index (χ2n) is 5.95. The number of ether oxygens (including phenoxy) is 2. The summed E-state index contributed by atoms with van der Waals surface area (Å²) in [6, 6.07) is 5.15. The number of halogens is 1. The number of carbonyl (C=O) groups is 1. The number of hydrogen-bond acceptors (Lipinski definition) is 4. The Morgan fingerprint density at radius 3 is 2.83 bits per heavy atom. The SMILES string of the molecule is CCOC(=O)CC1CCC(Oc2nc3c(F)cccc3[nH]2)CC1. The van der Waals surface area contributed by atoms with Crippen molar-refractivity contribution in [3.63, 3.8) is 0 Å². The maximum Gasteiger partial charge on any atom is 0.306 e. The molecule has 23 heavy (non-hydrogen) atoms. The summed E-state index contributed by atoms with van der Waals surface area (Å²) >= 11 is 0. The fourth-order valence-electron chi connectivity index (χ4n) is 3.10. The maximum atomic E-state index is 13.6. The van der Waals surface area contributed by atoms with Crippen molar-refractivity contribution >= 4 is 17.0 Å². The van der Waals surface area contributed by atoms with Crippen LogP contribution in [0.3, 0.4) is 0 Å². The molecule has 0 aliphatic heterocycles.